The summed E-state index contributed by atoms with van der Waals surface area (Å²) in [5.41, 5.74) is 8.40. The van der Waals surface area contributed by atoms with E-state index in [1.54, 1.807) is 6.08 Å². The molecule has 138 valence electrons. The van der Waals surface area contributed by atoms with Crippen molar-refractivity contribution in [3.8, 4) is 0 Å². The molecule has 4 heteroatoms. The van der Waals surface area contributed by atoms with Crippen molar-refractivity contribution in [1.29, 1.82) is 0 Å². The molecule has 0 aromatic heterocycles. The van der Waals surface area contributed by atoms with Crippen LogP contribution < -0.4 is 10.9 Å². The van der Waals surface area contributed by atoms with Crippen LogP contribution in [0.1, 0.15) is 55.2 Å². The Hall–Kier alpha value is -2.10. The zero-order chi connectivity index (χ0) is 18.3. The van der Waals surface area contributed by atoms with Gasteiger partial charge in [0.2, 0.25) is 5.91 Å². The van der Waals surface area contributed by atoms with E-state index in [1.165, 1.54) is 30.9 Å². The molecule has 1 aromatic rings. The maximum Gasteiger partial charge on any atom is 0.262 e. The van der Waals surface area contributed by atoms with Crippen molar-refractivity contribution < 1.29 is 9.59 Å². The van der Waals surface area contributed by atoms with E-state index in [0.29, 0.717) is 17.8 Å². The van der Waals surface area contributed by atoms with Crippen LogP contribution in [-0.4, -0.2) is 11.8 Å². The quantitative estimate of drug-likeness (QED) is 0.644. The Morgan fingerprint density at radius 1 is 1.00 bits per heavy atom. The Kier molecular flexibility index (Phi) is 4.37. The average Bonchev–Trinajstić information content (AvgIpc) is 2.57. The molecule has 0 atom stereocenters. The van der Waals surface area contributed by atoms with E-state index >= 15 is 0 Å². The minimum atomic E-state index is -0.289. The lowest BCUT2D eigenvalue weighted by molar-refractivity contribution is -0.148. The SMILES string of the molecule is Cc1ccc(/C=C/C(=O)NNC(=O)C23CC4CC(CC(C4)C2)C3)c(C)c1. The van der Waals surface area contributed by atoms with Gasteiger partial charge in [0, 0.05) is 6.08 Å². The molecule has 1 aromatic carbocycles. The Bertz CT molecular complexity index is 730. The fourth-order valence-corrected chi connectivity index (χ4v) is 5.86. The Morgan fingerprint density at radius 2 is 1.62 bits per heavy atom. The molecule has 0 radical (unpaired) electrons. The highest BCUT2D eigenvalue weighted by molar-refractivity contribution is 5.94. The van der Waals surface area contributed by atoms with Gasteiger partial charge in [-0.1, -0.05) is 23.8 Å². The number of hydrazine groups is 1. The summed E-state index contributed by atoms with van der Waals surface area (Å²) < 4.78 is 0. The van der Waals surface area contributed by atoms with Gasteiger partial charge in [0.15, 0.2) is 0 Å². The first-order valence-electron chi connectivity index (χ1n) is 9.79. The standard InChI is InChI=1S/C22H28N2O2/c1-14-3-4-19(15(2)7-14)5-6-20(25)23-24-21(26)22-11-16-8-17(12-22)10-18(9-16)13-22/h3-7,16-18H,8-13H2,1-2H3,(H,23,25)(H,24,26)/b6-5+. The molecule has 0 saturated heterocycles. The van der Waals surface area contributed by atoms with Crippen LogP contribution in [0.2, 0.25) is 0 Å². The first-order chi connectivity index (χ1) is 12.4. The smallest absolute Gasteiger partial charge is 0.262 e. The Balaban J connectivity index is 1.34. The number of nitrogens with one attached hydrogen (secondary N) is 2. The summed E-state index contributed by atoms with van der Waals surface area (Å²) in [6, 6.07) is 6.12. The van der Waals surface area contributed by atoms with E-state index in [2.05, 4.69) is 16.9 Å². The van der Waals surface area contributed by atoms with E-state index in [1.807, 2.05) is 26.0 Å². The molecule has 4 nitrogen and oxygen atoms in total. The van der Waals surface area contributed by atoms with Gasteiger partial charge in [0.25, 0.3) is 5.91 Å². The zero-order valence-corrected chi connectivity index (χ0v) is 15.7. The second kappa shape index (κ2) is 6.57. The van der Waals surface area contributed by atoms with Crippen LogP contribution in [0.25, 0.3) is 6.08 Å². The van der Waals surface area contributed by atoms with Crippen molar-refractivity contribution in [3.05, 3.63) is 41.0 Å². The molecule has 5 rings (SSSR count). The van der Waals surface area contributed by atoms with Crippen molar-refractivity contribution in [1.82, 2.24) is 10.9 Å². The Morgan fingerprint density at radius 3 is 2.19 bits per heavy atom. The number of aryl methyl sites for hydroxylation is 2. The third-order valence-corrected chi connectivity index (χ3v) is 6.66. The highest BCUT2D eigenvalue weighted by atomic mass is 16.2. The summed E-state index contributed by atoms with van der Waals surface area (Å²) >= 11 is 0. The molecule has 0 unspecified atom stereocenters. The molecule has 4 aliphatic carbocycles. The molecule has 4 saturated carbocycles. The van der Waals surface area contributed by atoms with Crippen LogP contribution >= 0.6 is 0 Å². The van der Waals surface area contributed by atoms with E-state index < -0.39 is 0 Å². The highest BCUT2D eigenvalue weighted by Crippen LogP contribution is 2.59. The number of amides is 2. The minimum Gasteiger partial charge on any atom is -0.273 e. The number of benzene rings is 1. The van der Waals surface area contributed by atoms with Gasteiger partial charge in [0.05, 0.1) is 5.41 Å². The number of hydrogen-bond donors (Lipinski definition) is 2. The lowest BCUT2D eigenvalue weighted by atomic mass is 9.49. The van der Waals surface area contributed by atoms with Crippen molar-refractivity contribution in [3.63, 3.8) is 0 Å². The molecule has 4 aliphatic rings. The summed E-state index contributed by atoms with van der Waals surface area (Å²) in [6.45, 7) is 4.08. The molecule has 26 heavy (non-hydrogen) atoms. The van der Waals surface area contributed by atoms with Crippen LogP contribution in [0.15, 0.2) is 24.3 Å². The normalized spacial score (nSPS) is 32.0. The Labute approximate surface area is 155 Å². The molecule has 0 spiro atoms. The fourth-order valence-electron chi connectivity index (χ4n) is 5.86. The molecule has 0 heterocycles. The number of hydrogen-bond acceptors (Lipinski definition) is 2. The largest absolute Gasteiger partial charge is 0.273 e. The van der Waals surface area contributed by atoms with E-state index in [-0.39, 0.29) is 17.2 Å². The summed E-state index contributed by atoms with van der Waals surface area (Å²) in [5.74, 6) is 1.87. The summed E-state index contributed by atoms with van der Waals surface area (Å²) in [4.78, 5) is 24.9. The monoisotopic (exact) mass is 352 g/mol. The van der Waals surface area contributed by atoms with Gasteiger partial charge in [-0.2, -0.15) is 0 Å². The second-order valence-corrected chi connectivity index (χ2v) is 8.83. The number of carbonyl (C=O) groups is 2. The van der Waals surface area contributed by atoms with Crippen LogP contribution in [0.5, 0.6) is 0 Å². The topological polar surface area (TPSA) is 58.2 Å². The van der Waals surface area contributed by atoms with Crippen LogP contribution in [0.3, 0.4) is 0 Å². The first kappa shape index (κ1) is 17.3. The third kappa shape index (κ3) is 3.29. The van der Waals surface area contributed by atoms with Gasteiger partial charge in [-0.25, -0.2) is 0 Å². The highest BCUT2D eigenvalue weighted by Gasteiger charge is 2.54. The second-order valence-electron chi connectivity index (χ2n) is 8.83. The van der Waals surface area contributed by atoms with Crippen LogP contribution in [0, 0.1) is 37.0 Å². The van der Waals surface area contributed by atoms with Crippen LogP contribution in [0.4, 0.5) is 0 Å². The molecular formula is C22H28N2O2. The lowest BCUT2D eigenvalue weighted by Crippen LogP contribution is -2.56. The van der Waals surface area contributed by atoms with E-state index in [0.717, 1.165) is 30.4 Å². The number of rotatable bonds is 3. The van der Waals surface area contributed by atoms with Crippen molar-refractivity contribution in [2.75, 3.05) is 0 Å². The number of carbonyl (C=O) groups excluding carboxylic acids is 2. The first-order valence-corrected chi connectivity index (χ1v) is 9.79. The summed E-state index contributed by atoms with van der Waals surface area (Å²) in [5, 5.41) is 0. The van der Waals surface area contributed by atoms with E-state index in [9.17, 15) is 9.59 Å². The molecule has 4 bridgehead atoms. The van der Waals surface area contributed by atoms with Gasteiger partial charge < -0.3 is 0 Å². The van der Waals surface area contributed by atoms with Crippen molar-refractivity contribution in [2.45, 2.75) is 52.4 Å². The molecule has 4 fully saturated rings. The molecular weight excluding hydrogens is 324 g/mol. The molecule has 2 amide bonds. The van der Waals surface area contributed by atoms with Gasteiger partial charge >= 0.3 is 0 Å². The third-order valence-electron chi connectivity index (χ3n) is 6.66. The minimum absolute atomic E-state index is 0.0184. The van der Waals surface area contributed by atoms with Gasteiger partial charge in [0.1, 0.15) is 0 Å². The predicted octanol–water partition coefficient (Wildman–Crippen LogP) is 3.68. The average molecular weight is 352 g/mol. The maximum atomic E-state index is 12.8. The van der Waals surface area contributed by atoms with Crippen molar-refractivity contribution >= 4 is 17.9 Å². The van der Waals surface area contributed by atoms with Crippen LogP contribution in [-0.2, 0) is 9.59 Å². The maximum absolute atomic E-state index is 12.8. The summed E-state index contributed by atoms with van der Waals surface area (Å²) in [7, 11) is 0. The summed E-state index contributed by atoms with van der Waals surface area (Å²) in [6.07, 6.45) is 10.2. The predicted molar refractivity (Wildman–Crippen MR) is 102 cm³/mol. The molecule has 2 N–H and O–H groups in total. The zero-order valence-electron chi connectivity index (χ0n) is 15.7. The van der Waals surface area contributed by atoms with Gasteiger partial charge in [-0.15, -0.1) is 0 Å². The molecule has 0 aliphatic heterocycles. The van der Waals surface area contributed by atoms with Gasteiger partial charge in [-0.05, 0) is 87.3 Å². The van der Waals surface area contributed by atoms with E-state index in [4.69, 9.17) is 0 Å². The fraction of sp³-hybridized carbons (Fsp3) is 0.545. The van der Waals surface area contributed by atoms with Crippen molar-refractivity contribution in [2.24, 2.45) is 23.2 Å². The lowest BCUT2D eigenvalue weighted by Gasteiger charge is -2.55. The van der Waals surface area contributed by atoms with Gasteiger partial charge in [-0.3, -0.25) is 20.4 Å².